The summed E-state index contributed by atoms with van der Waals surface area (Å²) in [5.41, 5.74) is 6.73. The number of rotatable bonds is 5. The Kier molecular flexibility index (Phi) is 3.84. The van der Waals surface area contributed by atoms with E-state index < -0.39 is 0 Å². The van der Waals surface area contributed by atoms with Gasteiger partial charge in [-0.25, -0.2) is 0 Å². The third-order valence-electron chi connectivity index (χ3n) is 4.94. The van der Waals surface area contributed by atoms with E-state index in [0.717, 1.165) is 12.5 Å². The Balaban J connectivity index is 1.85. The van der Waals surface area contributed by atoms with Gasteiger partial charge in [0.2, 0.25) is 0 Å². The highest BCUT2D eigenvalue weighted by molar-refractivity contribution is 4.95. The molecule has 2 saturated carbocycles. The Labute approximate surface area is 107 Å². The molecule has 0 aromatic rings. The predicted octanol–water partition coefficient (Wildman–Crippen LogP) is 3.06. The third-order valence-corrected chi connectivity index (χ3v) is 4.94. The molecule has 0 bridgehead atoms. The highest BCUT2D eigenvalue weighted by atomic mass is 15.0. The molecular weight excluding hydrogens is 208 g/mol. The van der Waals surface area contributed by atoms with Gasteiger partial charge in [0.25, 0.3) is 0 Å². The smallest absolute Gasteiger partial charge is 0.0280 e. The molecule has 2 unspecified atom stereocenters. The first-order chi connectivity index (χ1) is 7.92. The Morgan fingerprint density at radius 3 is 2.41 bits per heavy atom. The van der Waals surface area contributed by atoms with Crippen LogP contribution in [0.15, 0.2) is 0 Å². The maximum Gasteiger partial charge on any atom is 0.0280 e. The molecule has 0 spiro atoms. The van der Waals surface area contributed by atoms with Crippen LogP contribution < -0.4 is 11.1 Å². The molecule has 0 aromatic heterocycles. The zero-order chi connectivity index (χ0) is 12.5. The third kappa shape index (κ3) is 3.45. The fourth-order valence-corrected chi connectivity index (χ4v) is 3.59. The molecule has 2 heteroatoms. The van der Waals surface area contributed by atoms with Crippen LogP contribution in [0.25, 0.3) is 0 Å². The van der Waals surface area contributed by atoms with Crippen molar-refractivity contribution < 1.29 is 0 Å². The Bertz CT molecular complexity index is 258. The Hall–Kier alpha value is -0.0800. The second-order valence-corrected chi connectivity index (χ2v) is 7.51. The maximum atomic E-state index is 6.02. The minimum Gasteiger partial charge on any atom is -0.329 e. The van der Waals surface area contributed by atoms with Crippen molar-refractivity contribution in [2.45, 2.75) is 77.3 Å². The van der Waals surface area contributed by atoms with E-state index >= 15 is 0 Å². The van der Waals surface area contributed by atoms with E-state index in [1.54, 1.807) is 0 Å². The van der Waals surface area contributed by atoms with Crippen LogP contribution in [-0.2, 0) is 0 Å². The van der Waals surface area contributed by atoms with Crippen molar-refractivity contribution in [1.29, 1.82) is 0 Å². The van der Waals surface area contributed by atoms with E-state index in [-0.39, 0.29) is 5.54 Å². The first-order valence-corrected chi connectivity index (χ1v) is 7.40. The normalized spacial score (nSPS) is 32.1. The van der Waals surface area contributed by atoms with Crippen LogP contribution in [0.1, 0.15) is 65.7 Å². The van der Waals surface area contributed by atoms with Gasteiger partial charge in [0, 0.05) is 18.1 Å². The van der Waals surface area contributed by atoms with Crippen molar-refractivity contribution in [3.63, 3.8) is 0 Å². The fourth-order valence-electron chi connectivity index (χ4n) is 3.59. The van der Waals surface area contributed by atoms with Gasteiger partial charge in [-0.15, -0.1) is 0 Å². The van der Waals surface area contributed by atoms with Crippen LogP contribution in [0.3, 0.4) is 0 Å². The molecule has 0 aliphatic heterocycles. The van der Waals surface area contributed by atoms with E-state index in [1.165, 1.54) is 44.9 Å². The van der Waals surface area contributed by atoms with Crippen molar-refractivity contribution in [3.05, 3.63) is 0 Å². The lowest BCUT2D eigenvalue weighted by molar-refractivity contribution is 0.191. The quantitative estimate of drug-likeness (QED) is 0.772. The molecular formula is C15H30N2. The number of hydrogen-bond donors (Lipinski definition) is 2. The highest BCUT2D eigenvalue weighted by Crippen LogP contribution is 2.39. The van der Waals surface area contributed by atoms with E-state index in [0.29, 0.717) is 11.5 Å². The summed E-state index contributed by atoms with van der Waals surface area (Å²) in [6.07, 6.45) is 9.55. The van der Waals surface area contributed by atoms with E-state index in [4.69, 9.17) is 5.73 Å². The van der Waals surface area contributed by atoms with Crippen molar-refractivity contribution in [1.82, 2.24) is 5.32 Å². The summed E-state index contributed by atoms with van der Waals surface area (Å²) in [7, 11) is 0. The zero-order valence-corrected chi connectivity index (χ0v) is 11.9. The molecule has 2 atom stereocenters. The van der Waals surface area contributed by atoms with Crippen LogP contribution in [-0.4, -0.2) is 18.1 Å². The van der Waals surface area contributed by atoms with Gasteiger partial charge in [-0.1, -0.05) is 33.1 Å². The number of hydrogen-bond acceptors (Lipinski definition) is 2. The van der Waals surface area contributed by atoms with Gasteiger partial charge >= 0.3 is 0 Å². The number of nitrogens with one attached hydrogen (secondary N) is 1. The van der Waals surface area contributed by atoms with Gasteiger partial charge in [0.15, 0.2) is 0 Å². The number of nitrogens with two attached hydrogens (primary N) is 1. The molecule has 2 rings (SSSR count). The van der Waals surface area contributed by atoms with Crippen molar-refractivity contribution >= 4 is 0 Å². The summed E-state index contributed by atoms with van der Waals surface area (Å²) < 4.78 is 0. The molecule has 2 aliphatic rings. The van der Waals surface area contributed by atoms with Gasteiger partial charge in [0.05, 0.1) is 0 Å². The van der Waals surface area contributed by atoms with Gasteiger partial charge in [0.1, 0.15) is 0 Å². The van der Waals surface area contributed by atoms with Crippen molar-refractivity contribution in [2.24, 2.45) is 17.1 Å². The summed E-state index contributed by atoms with van der Waals surface area (Å²) in [4.78, 5) is 0. The Morgan fingerprint density at radius 1 is 1.29 bits per heavy atom. The largest absolute Gasteiger partial charge is 0.329 e. The van der Waals surface area contributed by atoms with E-state index in [2.05, 4.69) is 26.1 Å². The van der Waals surface area contributed by atoms with Gasteiger partial charge < -0.3 is 11.1 Å². The monoisotopic (exact) mass is 238 g/mol. The minimum absolute atomic E-state index is 0.177. The second-order valence-electron chi connectivity index (χ2n) is 7.51. The molecule has 100 valence electrons. The molecule has 0 radical (unpaired) electrons. The lowest BCUT2D eigenvalue weighted by Gasteiger charge is -2.39. The molecule has 0 heterocycles. The second kappa shape index (κ2) is 4.89. The molecule has 17 heavy (non-hydrogen) atoms. The summed E-state index contributed by atoms with van der Waals surface area (Å²) >= 11 is 0. The van der Waals surface area contributed by atoms with Crippen molar-refractivity contribution in [2.75, 3.05) is 6.54 Å². The van der Waals surface area contributed by atoms with Crippen LogP contribution in [0.2, 0.25) is 0 Å². The topological polar surface area (TPSA) is 38.0 Å². The molecule has 0 saturated heterocycles. The standard InChI is InChI=1S/C15H30N2/c1-14(2)8-7-13(10-14)17-15(3,11-16)9-12-5-4-6-12/h12-13,17H,4-11,16H2,1-3H3. The van der Waals surface area contributed by atoms with Crippen LogP contribution >= 0.6 is 0 Å². The predicted molar refractivity (Wildman–Crippen MR) is 74.0 cm³/mol. The minimum atomic E-state index is 0.177. The van der Waals surface area contributed by atoms with Gasteiger partial charge in [-0.2, -0.15) is 0 Å². The van der Waals surface area contributed by atoms with E-state index in [1.807, 2.05) is 0 Å². The first kappa shape index (κ1) is 13.4. The van der Waals surface area contributed by atoms with E-state index in [9.17, 15) is 0 Å². The summed E-state index contributed by atoms with van der Waals surface area (Å²) in [6.45, 7) is 7.89. The lowest BCUT2D eigenvalue weighted by Crippen LogP contribution is -2.54. The van der Waals surface area contributed by atoms with Crippen LogP contribution in [0.4, 0.5) is 0 Å². The highest BCUT2D eigenvalue weighted by Gasteiger charge is 2.36. The molecule has 2 fully saturated rings. The molecule has 3 N–H and O–H groups in total. The van der Waals surface area contributed by atoms with Crippen LogP contribution in [0.5, 0.6) is 0 Å². The van der Waals surface area contributed by atoms with Gasteiger partial charge in [-0.05, 0) is 43.9 Å². The average Bonchev–Trinajstić information content (AvgIpc) is 2.52. The lowest BCUT2D eigenvalue weighted by atomic mass is 9.76. The Morgan fingerprint density at radius 2 is 2.00 bits per heavy atom. The average molecular weight is 238 g/mol. The van der Waals surface area contributed by atoms with Crippen molar-refractivity contribution in [3.8, 4) is 0 Å². The van der Waals surface area contributed by atoms with Gasteiger partial charge in [-0.3, -0.25) is 0 Å². The van der Waals surface area contributed by atoms with Crippen LogP contribution in [0, 0.1) is 11.3 Å². The maximum absolute atomic E-state index is 6.02. The molecule has 0 aromatic carbocycles. The summed E-state index contributed by atoms with van der Waals surface area (Å²) in [5, 5.41) is 3.87. The molecule has 2 aliphatic carbocycles. The molecule has 2 nitrogen and oxygen atoms in total. The zero-order valence-electron chi connectivity index (χ0n) is 11.9. The SMILES string of the molecule is CC1(C)CCC(NC(C)(CN)CC2CCC2)C1. The summed E-state index contributed by atoms with van der Waals surface area (Å²) in [5.74, 6) is 0.936. The molecule has 0 amide bonds. The fraction of sp³-hybridized carbons (Fsp3) is 1.00. The summed E-state index contributed by atoms with van der Waals surface area (Å²) in [6, 6.07) is 0.693. The first-order valence-electron chi connectivity index (χ1n) is 7.40.